The molecular formula is C28H38N8O3S. The molecular weight excluding hydrogens is 528 g/mol. The van der Waals surface area contributed by atoms with Gasteiger partial charge in [0.1, 0.15) is 6.10 Å². The van der Waals surface area contributed by atoms with Crippen molar-refractivity contribution in [3.8, 4) is 16.6 Å². The van der Waals surface area contributed by atoms with Crippen molar-refractivity contribution in [3.05, 3.63) is 36.4 Å². The fraction of sp³-hybridized carbons (Fsp3) is 0.607. The number of nitrogens with zero attached hydrogens (tertiary/aromatic N) is 7. The average Bonchev–Trinajstić information content (AvgIpc) is 3.38. The number of anilines is 2. The van der Waals surface area contributed by atoms with Crippen LogP contribution in [-0.2, 0) is 11.3 Å². The van der Waals surface area contributed by atoms with Crippen LogP contribution in [0.2, 0.25) is 0 Å². The monoisotopic (exact) mass is 566 g/mol. The normalized spacial score (nSPS) is 20.4. The first-order valence-corrected chi connectivity index (χ1v) is 14.9. The number of nitrogens with one attached hydrogen (secondary N) is 1. The number of hydrogen-bond donors (Lipinski definition) is 2. The molecule has 1 aliphatic carbocycles. The van der Waals surface area contributed by atoms with Gasteiger partial charge in [0.05, 0.1) is 29.4 Å². The lowest BCUT2D eigenvalue weighted by molar-refractivity contribution is -0.140. The van der Waals surface area contributed by atoms with Crippen LogP contribution in [0.3, 0.4) is 0 Å². The molecule has 0 bridgehead atoms. The van der Waals surface area contributed by atoms with E-state index in [0.29, 0.717) is 29.1 Å². The van der Waals surface area contributed by atoms with Crippen LogP contribution in [0.4, 0.5) is 11.1 Å². The zero-order valence-electron chi connectivity index (χ0n) is 23.3. The molecule has 0 unspecified atom stereocenters. The van der Waals surface area contributed by atoms with Crippen LogP contribution < -0.4 is 10.1 Å². The molecule has 2 N–H and O–H groups in total. The van der Waals surface area contributed by atoms with E-state index in [-0.39, 0.29) is 6.10 Å². The van der Waals surface area contributed by atoms with Gasteiger partial charge in [-0.15, -0.1) is 0 Å². The van der Waals surface area contributed by atoms with Crippen molar-refractivity contribution in [2.24, 2.45) is 5.41 Å². The van der Waals surface area contributed by atoms with Crippen LogP contribution in [0.5, 0.6) is 6.01 Å². The van der Waals surface area contributed by atoms with Crippen molar-refractivity contribution in [1.29, 1.82) is 0 Å². The van der Waals surface area contributed by atoms with Crippen molar-refractivity contribution in [2.45, 2.75) is 57.8 Å². The number of thiazole rings is 1. The molecule has 0 radical (unpaired) electrons. The number of ether oxygens (including phenoxy) is 2. The Balaban J connectivity index is 0.992. The highest BCUT2D eigenvalue weighted by Gasteiger charge is 2.42. The zero-order valence-corrected chi connectivity index (χ0v) is 24.1. The van der Waals surface area contributed by atoms with Crippen molar-refractivity contribution in [1.82, 2.24) is 34.7 Å². The Labute approximate surface area is 239 Å². The Morgan fingerprint density at radius 2 is 1.77 bits per heavy atom. The fourth-order valence-electron chi connectivity index (χ4n) is 5.64. The molecule has 0 aromatic carbocycles. The van der Waals surface area contributed by atoms with Gasteiger partial charge >= 0.3 is 6.01 Å². The summed E-state index contributed by atoms with van der Waals surface area (Å²) in [6.07, 6.45) is 11.8. The standard InChI is InChI=1S/C28H38N8O3S/c1-27(2,37)17-36-11-9-35(10-12-36)16-20-13-30-24(31-14-20)34-26-32-15-23(40-26)22-5-8-29-25(33-22)39-21-3-6-28(7-4-21)18-38-19-28/h5,8,13-15,21,37H,3-4,6-7,9-12,16-19H2,1-2H3,(H,30,31,32,34). The molecule has 3 aromatic rings. The summed E-state index contributed by atoms with van der Waals surface area (Å²) in [6, 6.07) is 2.30. The van der Waals surface area contributed by atoms with Crippen LogP contribution in [0.15, 0.2) is 30.9 Å². The van der Waals surface area contributed by atoms with Crippen molar-refractivity contribution in [3.63, 3.8) is 0 Å². The Hall–Kier alpha value is -2.77. The molecule has 5 heterocycles. The second-order valence-corrected chi connectivity index (χ2v) is 13.0. The van der Waals surface area contributed by atoms with E-state index in [1.54, 1.807) is 12.4 Å². The second-order valence-electron chi connectivity index (χ2n) is 12.0. The topological polar surface area (TPSA) is 122 Å². The van der Waals surface area contributed by atoms with E-state index in [2.05, 4.69) is 40.0 Å². The highest BCUT2D eigenvalue weighted by atomic mass is 32.1. The summed E-state index contributed by atoms with van der Waals surface area (Å²) in [5.41, 5.74) is 1.60. The molecule has 2 aliphatic heterocycles. The minimum absolute atomic E-state index is 0.156. The lowest BCUT2D eigenvalue weighted by atomic mass is 9.72. The SMILES string of the molecule is CC(C)(O)CN1CCN(Cc2cnc(Nc3ncc(-c4ccnc(OC5CCC6(CC5)COC6)n4)s3)nc2)CC1. The van der Waals surface area contributed by atoms with Gasteiger partial charge in [0, 0.05) is 75.0 Å². The quantitative estimate of drug-likeness (QED) is 0.396. The predicted molar refractivity (Wildman–Crippen MR) is 153 cm³/mol. The van der Waals surface area contributed by atoms with Gasteiger partial charge in [0.15, 0.2) is 5.13 Å². The van der Waals surface area contributed by atoms with Crippen LogP contribution in [0, 0.1) is 5.41 Å². The minimum atomic E-state index is -0.659. The summed E-state index contributed by atoms with van der Waals surface area (Å²) in [6.45, 7) is 10.9. The largest absolute Gasteiger partial charge is 0.460 e. The van der Waals surface area contributed by atoms with Gasteiger partial charge in [-0.3, -0.25) is 9.80 Å². The van der Waals surface area contributed by atoms with E-state index in [9.17, 15) is 5.11 Å². The van der Waals surface area contributed by atoms with E-state index in [1.807, 2.05) is 32.3 Å². The molecule has 214 valence electrons. The molecule has 0 atom stereocenters. The molecule has 3 aromatic heterocycles. The Morgan fingerprint density at radius 1 is 1.05 bits per heavy atom. The second kappa shape index (κ2) is 11.6. The van der Waals surface area contributed by atoms with Crippen LogP contribution in [0.25, 0.3) is 10.6 Å². The molecule has 12 heteroatoms. The molecule has 2 saturated heterocycles. The van der Waals surface area contributed by atoms with E-state index in [4.69, 9.17) is 9.47 Å². The van der Waals surface area contributed by atoms with Crippen molar-refractivity contribution < 1.29 is 14.6 Å². The van der Waals surface area contributed by atoms with Crippen molar-refractivity contribution >= 4 is 22.4 Å². The van der Waals surface area contributed by atoms with Gasteiger partial charge in [-0.2, -0.15) is 4.98 Å². The van der Waals surface area contributed by atoms with Crippen LogP contribution in [-0.4, -0.2) is 97.5 Å². The molecule has 1 spiro atoms. The third-order valence-electron chi connectivity index (χ3n) is 7.88. The highest BCUT2D eigenvalue weighted by Crippen LogP contribution is 2.43. The smallest absolute Gasteiger partial charge is 0.317 e. The van der Waals surface area contributed by atoms with Gasteiger partial charge in [-0.25, -0.2) is 19.9 Å². The molecule has 3 aliphatic rings. The Kier molecular flexibility index (Phi) is 7.95. The first kappa shape index (κ1) is 27.4. The van der Waals surface area contributed by atoms with Crippen molar-refractivity contribution in [2.75, 3.05) is 51.3 Å². The molecule has 0 amide bonds. The predicted octanol–water partition coefficient (Wildman–Crippen LogP) is 3.36. The fourth-order valence-corrected chi connectivity index (χ4v) is 6.42. The summed E-state index contributed by atoms with van der Waals surface area (Å²) in [5.74, 6) is 0.512. The highest BCUT2D eigenvalue weighted by molar-refractivity contribution is 7.18. The number of aromatic nitrogens is 5. The summed E-state index contributed by atoms with van der Waals surface area (Å²) < 4.78 is 11.6. The van der Waals surface area contributed by atoms with Gasteiger partial charge in [-0.1, -0.05) is 11.3 Å². The molecule has 6 rings (SSSR count). The van der Waals surface area contributed by atoms with E-state index in [1.165, 1.54) is 11.3 Å². The first-order valence-electron chi connectivity index (χ1n) is 14.1. The zero-order chi connectivity index (χ0) is 27.6. The Morgan fingerprint density at radius 3 is 2.45 bits per heavy atom. The maximum absolute atomic E-state index is 10.1. The lowest BCUT2D eigenvalue weighted by Gasteiger charge is -2.45. The van der Waals surface area contributed by atoms with Gasteiger partial charge < -0.3 is 19.9 Å². The molecule has 11 nitrogen and oxygen atoms in total. The average molecular weight is 567 g/mol. The van der Waals surface area contributed by atoms with E-state index >= 15 is 0 Å². The van der Waals surface area contributed by atoms with E-state index in [0.717, 1.165) is 87.8 Å². The van der Waals surface area contributed by atoms with Crippen LogP contribution in [0.1, 0.15) is 45.1 Å². The summed E-state index contributed by atoms with van der Waals surface area (Å²) in [7, 11) is 0. The molecule has 40 heavy (non-hydrogen) atoms. The van der Waals surface area contributed by atoms with Crippen LogP contribution >= 0.6 is 11.3 Å². The Bertz CT molecular complexity index is 1260. The van der Waals surface area contributed by atoms with Gasteiger partial charge in [0.25, 0.3) is 0 Å². The van der Waals surface area contributed by atoms with Gasteiger partial charge in [0.2, 0.25) is 5.95 Å². The summed E-state index contributed by atoms with van der Waals surface area (Å²) >= 11 is 1.49. The summed E-state index contributed by atoms with van der Waals surface area (Å²) in [4.78, 5) is 28.1. The molecule has 1 saturated carbocycles. The third kappa shape index (κ3) is 6.92. The maximum Gasteiger partial charge on any atom is 0.317 e. The molecule has 3 fully saturated rings. The summed E-state index contributed by atoms with van der Waals surface area (Å²) in [5, 5.41) is 14.0. The number of β-amino-alcohol motifs (C(OH)–C–C–N with tert-alkyl or cyclic N) is 1. The maximum atomic E-state index is 10.1. The first-order chi connectivity index (χ1) is 19.3. The van der Waals surface area contributed by atoms with E-state index < -0.39 is 5.60 Å². The van der Waals surface area contributed by atoms with Gasteiger partial charge in [-0.05, 0) is 45.6 Å². The minimum Gasteiger partial charge on any atom is -0.460 e. The number of rotatable bonds is 9. The number of piperazine rings is 1. The lowest BCUT2D eigenvalue weighted by Crippen LogP contribution is -2.50. The number of aliphatic hydroxyl groups is 1. The third-order valence-corrected chi connectivity index (χ3v) is 8.81. The number of hydrogen-bond acceptors (Lipinski definition) is 12.